The van der Waals surface area contributed by atoms with Gasteiger partial charge in [0, 0.05) is 45.8 Å². The van der Waals surface area contributed by atoms with Crippen LogP contribution in [0.25, 0.3) is 0 Å². The topological polar surface area (TPSA) is 64.6 Å². The Morgan fingerprint density at radius 2 is 2.14 bits per heavy atom. The van der Waals surface area contributed by atoms with E-state index >= 15 is 0 Å². The van der Waals surface area contributed by atoms with Crippen LogP contribution in [0.4, 0.5) is 0 Å². The Bertz CT molecular complexity index is 501. The number of hydrogen-bond acceptors (Lipinski definition) is 5. The van der Waals surface area contributed by atoms with E-state index in [0.29, 0.717) is 19.0 Å². The summed E-state index contributed by atoms with van der Waals surface area (Å²) in [4.78, 5) is 22.3. The standard InChI is InChI=1S/C16H23N3O3/c1-21-11-3-13-4-12-22-16(13)5-9-19(10-6-16)15(20)14-17-7-2-8-18-14/h2,7-8,13H,3-6,9-12H2,1H3/t13-/m1/s1. The third kappa shape index (κ3) is 2.98. The van der Waals surface area contributed by atoms with E-state index in [0.717, 1.165) is 38.9 Å². The van der Waals surface area contributed by atoms with Gasteiger partial charge in [-0.1, -0.05) is 0 Å². The van der Waals surface area contributed by atoms with E-state index in [-0.39, 0.29) is 17.3 Å². The lowest BCUT2D eigenvalue weighted by atomic mass is 9.78. The van der Waals surface area contributed by atoms with Crippen molar-refractivity contribution in [2.45, 2.75) is 31.3 Å². The zero-order valence-corrected chi connectivity index (χ0v) is 13.0. The van der Waals surface area contributed by atoms with E-state index in [9.17, 15) is 4.79 Å². The second-order valence-electron chi connectivity index (χ2n) is 6.04. The lowest BCUT2D eigenvalue weighted by Crippen LogP contribution is -2.49. The van der Waals surface area contributed by atoms with Gasteiger partial charge >= 0.3 is 0 Å². The van der Waals surface area contributed by atoms with Crippen molar-refractivity contribution < 1.29 is 14.3 Å². The summed E-state index contributed by atoms with van der Waals surface area (Å²) in [7, 11) is 1.74. The van der Waals surface area contributed by atoms with Gasteiger partial charge in [0.15, 0.2) is 0 Å². The number of carbonyl (C=O) groups is 1. The van der Waals surface area contributed by atoms with Gasteiger partial charge in [0.2, 0.25) is 5.82 Å². The van der Waals surface area contributed by atoms with E-state index in [1.165, 1.54) is 0 Å². The van der Waals surface area contributed by atoms with Crippen LogP contribution >= 0.6 is 0 Å². The van der Waals surface area contributed by atoms with Crippen LogP contribution < -0.4 is 0 Å². The highest BCUT2D eigenvalue weighted by atomic mass is 16.5. The van der Waals surface area contributed by atoms with Crippen LogP contribution in [0, 0.1) is 5.92 Å². The van der Waals surface area contributed by atoms with Crippen LogP contribution in [0.5, 0.6) is 0 Å². The monoisotopic (exact) mass is 305 g/mol. The second kappa shape index (κ2) is 6.71. The predicted octanol–water partition coefficient (Wildman–Crippen LogP) is 1.52. The molecule has 1 aromatic heterocycles. The zero-order chi connectivity index (χ0) is 15.4. The molecule has 6 nitrogen and oxygen atoms in total. The van der Waals surface area contributed by atoms with E-state index in [2.05, 4.69) is 9.97 Å². The molecule has 0 aliphatic carbocycles. The SMILES string of the molecule is COCC[C@@H]1CCOC12CCN(C(=O)c1ncccn1)CC2. The number of ether oxygens (including phenoxy) is 2. The number of carbonyl (C=O) groups excluding carboxylic acids is 1. The van der Waals surface area contributed by atoms with Crippen molar-refractivity contribution in [1.29, 1.82) is 0 Å². The van der Waals surface area contributed by atoms with Crippen molar-refractivity contribution in [3.8, 4) is 0 Å². The molecule has 0 bridgehead atoms. The summed E-state index contributed by atoms with van der Waals surface area (Å²) in [5.74, 6) is 0.737. The molecular weight excluding hydrogens is 282 g/mol. The van der Waals surface area contributed by atoms with E-state index < -0.39 is 0 Å². The van der Waals surface area contributed by atoms with Gasteiger partial charge in [0.1, 0.15) is 0 Å². The molecule has 0 unspecified atom stereocenters. The van der Waals surface area contributed by atoms with Gasteiger partial charge in [0.05, 0.1) is 5.60 Å². The number of likely N-dealkylation sites (tertiary alicyclic amines) is 1. The van der Waals surface area contributed by atoms with E-state index in [4.69, 9.17) is 9.47 Å². The van der Waals surface area contributed by atoms with Gasteiger partial charge in [-0.05, 0) is 37.7 Å². The maximum atomic E-state index is 12.4. The van der Waals surface area contributed by atoms with Crippen molar-refractivity contribution >= 4 is 5.91 Å². The fourth-order valence-corrected chi connectivity index (χ4v) is 3.64. The molecule has 6 heteroatoms. The molecule has 22 heavy (non-hydrogen) atoms. The lowest BCUT2D eigenvalue weighted by molar-refractivity contribution is -0.0662. The molecule has 2 aliphatic heterocycles. The van der Waals surface area contributed by atoms with Crippen LogP contribution in [0.2, 0.25) is 0 Å². The maximum absolute atomic E-state index is 12.4. The first-order valence-corrected chi connectivity index (χ1v) is 7.94. The van der Waals surface area contributed by atoms with Crippen LogP contribution in [0.15, 0.2) is 18.5 Å². The molecule has 1 spiro atoms. The first-order valence-electron chi connectivity index (χ1n) is 7.94. The molecule has 1 atom stereocenters. The molecule has 0 N–H and O–H groups in total. The Morgan fingerprint density at radius 3 is 2.82 bits per heavy atom. The molecule has 2 saturated heterocycles. The van der Waals surface area contributed by atoms with Gasteiger partial charge < -0.3 is 14.4 Å². The normalized spacial score (nSPS) is 23.9. The minimum Gasteiger partial charge on any atom is -0.385 e. The summed E-state index contributed by atoms with van der Waals surface area (Å²) in [6.07, 6.45) is 7.12. The number of amides is 1. The average Bonchev–Trinajstić information content (AvgIpc) is 2.96. The smallest absolute Gasteiger partial charge is 0.291 e. The number of hydrogen-bond donors (Lipinski definition) is 0. The van der Waals surface area contributed by atoms with Gasteiger partial charge in [0.25, 0.3) is 5.91 Å². The largest absolute Gasteiger partial charge is 0.385 e. The summed E-state index contributed by atoms with van der Waals surface area (Å²) in [5.41, 5.74) is -0.0626. The average molecular weight is 305 g/mol. The molecule has 0 radical (unpaired) electrons. The number of rotatable bonds is 4. The fraction of sp³-hybridized carbons (Fsp3) is 0.688. The minimum absolute atomic E-state index is 0.0626. The molecule has 1 amide bonds. The highest BCUT2D eigenvalue weighted by molar-refractivity contribution is 5.90. The Hall–Kier alpha value is -1.53. The molecule has 3 heterocycles. The van der Waals surface area contributed by atoms with Crippen LogP contribution in [0.1, 0.15) is 36.3 Å². The number of nitrogens with zero attached hydrogens (tertiary/aromatic N) is 3. The lowest BCUT2D eigenvalue weighted by Gasteiger charge is -2.42. The highest BCUT2D eigenvalue weighted by Gasteiger charge is 2.46. The van der Waals surface area contributed by atoms with Crippen molar-refractivity contribution in [2.75, 3.05) is 33.4 Å². The summed E-state index contributed by atoms with van der Waals surface area (Å²) >= 11 is 0. The summed E-state index contributed by atoms with van der Waals surface area (Å²) in [6, 6.07) is 1.72. The minimum atomic E-state index is -0.0816. The number of methoxy groups -OCH3 is 1. The molecule has 0 saturated carbocycles. The Kier molecular flexibility index (Phi) is 4.69. The van der Waals surface area contributed by atoms with E-state index in [1.54, 1.807) is 25.6 Å². The zero-order valence-electron chi connectivity index (χ0n) is 13.0. The van der Waals surface area contributed by atoms with Crippen LogP contribution in [-0.2, 0) is 9.47 Å². The molecule has 1 aromatic rings. The molecule has 0 aromatic carbocycles. The maximum Gasteiger partial charge on any atom is 0.291 e. The van der Waals surface area contributed by atoms with Gasteiger partial charge in [-0.15, -0.1) is 0 Å². The second-order valence-corrected chi connectivity index (χ2v) is 6.04. The molecule has 3 rings (SSSR count). The Balaban J connectivity index is 1.61. The quantitative estimate of drug-likeness (QED) is 0.844. The molecule has 120 valence electrons. The summed E-state index contributed by atoms with van der Waals surface area (Å²) < 4.78 is 11.3. The highest BCUT2D eigenvalue weighted by Crippen LogP contribution is 2.42. The van der Waals surface area contributed by atoms with Gasteiger partial charge in [-0.2, -0.15) is 0 Å². The summed E-state index contributed by atoms with van der Waals surface area (Å²) in [5, 5.41) is 0. The first-order chi connectivity index (χ1) is 10.7. The van der Waals surface area contributed by atoms with Crippen LogP contribution in [0.3, 0.4) is 0 Å². The third-order valence-electron chi connectivity index (χ3n) is 4.92. The van der Waals surface area contributed by atoms with Crippen molar-refractivity contribution in [2.24, 2.45) is 5.92 Å². The first kappa shape index (κ1) is 15.4. The molecule has 2 fully saturated rings. The number of aromatic nitrogens is 2. The van der Waals surface area contributed by atoms with Gasteiger partial charge in [-0.3, -0.25) is 4.79 Å². The van der Waals surface area contributed by atoms with Crippen LogP contribution in [-0.4, -0.2) is 59.8 Å². The fourth-order valence-electron chi connectivity index (χ4n) is 3.64. The van der Waals surface area contributed by atoms with E-state index in [1.807, 2.05) is 4.90 Å². The van der Waals surface area contributed by atoms with Crippen molar-refractivity contribution in [1.82, 2.24) is 14.9 Å². The summed E-state index contributed by atoms with van der Waals surface area (Å²) in [6.45, 7) is 3.02. The Labute approximate surface area is 130 Å². The third-order valence-corrected chi connectivity index (χ3v) is 4.92. The van der Waals surface area contributed by atoms with Gasteiger partial charge in [-0.25, -0.2) is 9.97 Å². The van der Waals surface area contributed by atoms with Crippen molar-refractivity contribution in [3.63, 3.8) is 0 Å². The Morgan fingerprint density at radius 1 is 1.41 bits per heavy atom. The van der Waals surface area contributed by atoms with Crippen molar-refractivity contribution in [3.05, 3.63) is 24.3 Å². The molecular formula is C16H23N3O3. The molecule has 2 aliphatic rings. The number of piperidine rings is 1. The predicted molar refractivity (Wildman–Crippen MR) is 80.5 cm³/mol.